The van der Waals surface area contributed by atoms with Crippen LogP contribution in [0.4, 0.5) is 4.39 Å². The number of H-pyrrole nitrogens is 1. The molecular weight excluding hydrogens is 277 g/mol. The molecule has 2 heterocycles. The van der Waals surface area contributed by atoms with E-state index in [-0.39, 0.29) is 5.82 Å². The highest BCUT2D eigenvalue weighted by molar-refractivity contribution is 5.87. The molecule has 3 nitrogen and oxygen atoms in total. The second kappa shape index (κ2) is 5.07. The van der Waals surface area contributed by atoms with Crippen molar-refractivity contribution < 1.29 is 4.39 Å². The molecule has 2 aromatic heterocycles. The van der Waals surface area contributed by atoms with E-state index in [2.05, 4.69) is 15.2 Å². The van der Waals surface area contributed by atoms with Gasteiger partial charge in [0, 0.05) is 22.7 Å². The number of nitrogens with zero attached hydrogens (tertiary/aromatic N) is 2. The number of benzene rings is 2. The first kappa shape index (κ1) is 12.7. The van der Waals surface area contributed by atoms with Gasteiger partial charge in [0.15, 0.2) is 0 Å². The number of rotatable bonds is 2. The quantitative estimate of drug-likeness (QED) is 0.593. The third-order valence-corrected chi connectivity index (χ3v) is 3.68. The maximum absolute atomic E-state index is 13.1. The number of halogens is 1. The number of hydrogen-bond donors (Lipinski definition) is 1. The van der Waals surface area contributed by atoms with Gasteiger partial charge in [-0.1, -0.05) is 18.2 Å². The fourth-order valence-electron chi connectivity index (χ4n) is 2.58. The molecule has 0 atom stereocenters. The van der Waals surface area contributed by atoms with Crippen LogP contribution in [0.2, 0.25) is 0 Å². The van der Waals surface area contributed by atoms with Gasteiger partial charge in [0.2, 0.25) is 0 Å². The van der Waals surface area contributed by atoms with E-state index in [0.717, 1.165) is 33.3 Å². The van der Waals surface area contributed by atoms with Crippen molar-refractivity contribution >= 4 is 10.9 Å². The lowest BCUT2D eigenvalue weighted by Crippen LogP contribution is -1.89. The normalized spacial score (nSPS) is 11.0. The van der Waals surface area contributed by atoms with Crippen molar-refractivity contribution in [3.05, 3.63) is 72.8 Å². The van der Waals surface area contributed by atoms with Crippen LogP contribution in [-0.4, -0.2) is 15.2 Å². The highest BCUT2D eigenvalue weighted by Crippen LogP contribution is 2.31. The molecule has 4 rings (SSSR count). The monoisotopic (exact) mass is 289 g/mol. The second-order valence-electron chi connectivity index (χ2n) is 5.08. The molecule has 0 spiro atoms. The van der Waals surface area contributed by atoms with Crippen LogP contribution in [0.3, 0.4) is 0 Å². The average molecular weight is 289 g/mol. The van der Waals surface area contributed by atoms with Gasteiger partial charge in [-0.05, 0) is 42.0 Å². The van der Waals surface area contributed by atoms with Gasteiger partial charge in [0.05, 0.1) is 17.4 Å². The molecule has 0 radical (unpaired) electrons. The molecule has 0 fully saturated rings. The SMILES string of the molecule is Fc1ccc(-c2ncccc2-c2ccc3cn[nH]c3c2)cc1. The Bertz CT molecular complexity index is 942. The summed E-state index contributed by atoms with van der Waals surface area (Å²) in [5, 5.41) is 8.09. The summed E-state index contributed by atoms with van der Waals surface area (Å²) in [6.45, 7) is 0. The number of nitrogens with one attached hydrogen (secondary N) is 1. The van der Waals surface area contributed by atoms with Crippen LogP contribution in [0.25, 0.3) is 33.3 Å². The summed E-state index contributed by atoms with van der Waals surface area (Å²) in [5.74, 6) is -0.250. The molecule has 4 heteroatoms. The van der Waals surface area contributed by atoms with E-state index in [0.29, 0.717) is 0 Å². The number of aromatic amines is 1. The largest absolute Gasteiger partial charge is 0.278 e. The Hall–Kier alpha value is -3.01. The lowest BCUT2D eigenvalue weighted by molar-refractivity contribution is 0.628. The molecule has 0 amide bonds. The number of fused-ring (bicyclic) bond motifs is 1. The number of pyridine rings is 1. The van der Waals surface area contributed by atoms with E-state index in [1.54, 1.807) is 24.5 Å². The lowest BCUT2D eigenvalue weighted by Gasteiger charge is -2.09. The maximum atomic E-state index is 13.1. The zero-order chi connectivity index (χ0) is 14.9. The smallest absolute Gasteiger partial charge is 0.123 e. The van der Waals surface area contributed by atoms with Crippen LogP contribution < -0.4 is 0 Å². The Morgan fingerprint density at radius 2 is 1.73 bits per heavy atom. The zero-order valence-electron chi connectivity index (χ0n) is 11.6. The summed E-state index contributed by atoms with van der Waals surface area (Å²) in [5.41, 5.74) is 4.75. The molecular formula is C18H12FN3. The molecule has 106 valence electrons. The molecule has 4 aromatic rings. The Morgan fingerprint density at radius 1 is 0.909 bits per heavy atom. The zero-order valence-corrected chi connectivity index (χ0v) is 11.6. The molecule has 22 heavy (non-hydrogen) atoms. The van der Waals surface area contributed by atoms with E-state index < -0.39 is 0 Å². The van der Waals surface area contributed by atoms with Gasteiger partial charge in [-0.25, -0.2) is 4.39 Å². The summed E-state index contributed by atoms with van der Waals surface area (Å²) in [6.07, 6.45) is 3.54. The van der Waals surface area contributed by atoms with Crippen molar-refractivity contribution in [1.29, 1.82) is 0 Å². The van der Waals surface area contributed by atoms with Gasteiger partial charge in [0.25, 0.3) is 0 Å². The molecule has 0 aliphatic carbocycles. The minimum absolute atomic E-state index is 0.250. The maximum Gasteiger partial charge on any atom is 0.123 e. The van der Waals surface area contributed by atoms with E-state index in [4.69, 9.17) is 0 Å². The highest BCUT2D eigenvalue weighted by atomic mass is 19.1. The van der Waals surface area contributed by atoms with Crippen LogP contribution in [0, 0.1) is 5.82 Å². The Kier molecular flexibility index (Phi) is 2.93. The third-order valence-electron chi connectivity index (χ3n) is 3.68. The van der Waals surface area contributed by atoms with E-state index in [9.17, 15) is 4.39 Å². The molecule has 1 N–H and O–H groups in total. The predicted molar refractivity (Wildman–Crippen MR) is 84.7 cm³/mol. The topological polar surface area (TPSA) is 41.6 Å². The fourth-order valence-corrected chi connectivity index (χ4v) is 2.58. The molecule has 0 aliphatic rings. The van der Waals surface area contributed by atoms with Crippen LogP contribution in [0.15, 0.2) is 67.0 Å². The lowest BCUT2D eigenvalue weighted by atomic mass is 9.99. The predicted octanol–water partition coefficient (Wildman–Crippen LogP) is 4.43. The summed E-state index contributed by atoms with van der Waals surface area (Å²) < 4.78 is 13.1. The van der Waals surface area contributed by atoms with Crippen LogP contribution >= 0.6 is 0 Å². The standard InChI is InChI=1S/C18H12FN3/c19-15-7-5-12(6-8-15)18-16(2-1-9-20-18)13-3-4-14-11-21-22-17(14)10-13/h1-11H,(H,21,22). The first-order valence-corrected chi connectivity index (χ1v) is 6.96. The molecule has 0 saturated heterocycles. The Morgan fingerprint density at radius 3 is 2.59 bits per heavy atom. The number of aromatic nitrogens is 3. The highest BCUT2D eigenvalue weighted by Gasteiger charge is 2.09. The minimum atomic E-state index is -0.250. The second-order valence-corrected chi connectivity index (χ2v) is 5.08. The van der Waals surface area contributed by atoms with E-state index in [1.165, 1.54) is 12.1 Å². The van der Waals surface area contributed by atoms with Crippen molar-refractivity contribution in [3.8, 4) is 22.4 Å². The van der Waals surface area contributed by atoms with Crippen molar-refractivity contribution in [3.63, 3.8) is 0 Å². The third kappa shape index (κ3) is 2.15. The van der Waals surface area contributed by atoms with Crippen LogP contribution in [0.1, 0.15) is 0 Å². The van der Waals surface area contributed by atoms with Gasteiger partial charge < -0.3 is 0 Å². The van der Waals surface area contributed by atoms with Crippen LogP contribution in [0.5, 0.6) is 0 Å². The Balaban J connectivity index is 1.89. The Labute approximate surface area is 126 Å². The molecule has 0 bridgehead atoms. The van der Waals surface area contributed by atoms with E-state index >= 15 is 0 Å². The summed E-state index contributed by atoms with van der Waals surface area (Å²) >= 11 is 0. The van der Waals surface area contributed by atoms with Crippen LogP contribution in [-0.2, 0) is 0 Å². The van der Waals surface area contributed by atoms with Crippen molar-refractivity contribution in [2.45, 2.75) is 0 Å². The molecule has 2 aromatic carbocycles. The van der Waals surface area contributed by atoms with Gasteiger partial charge in [-0.3, -0.25) is 10.1 Å². The number of hydrogen-bond acceptors (Lipinski definition) is 2. The van der Waals surface area contributed by atoms with Gasteiger partial charge in [-0.2, -0.15) is 5.10 Å². The van der Waals surface area contributed by atoms with Gasteiger partial charge in [-0.15, -0.1) is 0 Å². The van der Waals surface area contributed by atoms with Gasteiger partial charge in [0.1, 0.15) is 5.82 Å². The average Bonchev–Trinajstić information content (AvgIpc) is 3.03. The van der Waals surface area contributed by atoms with Gasteiger partial charge >= 0.3 is 0 Å². The van der Waals surface area contributed by atoms with Crippen molar-refractivity contribution in [1.82, 2.24) is 15.2 Å². The van der Waals surface area contributed by atoms with E-state index in [1.807, 2.05) is 30.3 Å². The first-order chi connectivity index (χ1) is 10.8. The summed E-state index contributed by atoms with van der Waals surface area (Å²) in [4.78, 5) is 4.47. The first-order valence-electron chi connectivity index (χ1n) is 6.96. The molecule has 0 saturated carbocycles. The van der Waals surface area contributed by atoms with Crippen molar-refractivity contribution in [2.24, 2.45) is 0 Å². The molecule has 0 aliphatic heterocycles. The summed E-state index contributed by atoms with van der Waals surface area (Å²) in [7, 11) is 0. The minimum Gasteiger partial charge on any atom is -0.278 e. The summed E-state index contributed by atoms with van der Waals surface area (Å²) in [6, 6.07) is 16.4. The molecule has 0 unspecified atom stereocenters. The van der Waals surface area contributed by atoms with Crippen molar-refractivity contribution in [2.75, 3.05) is 0 Å². The fraction of sp³-hybridized carbons (Fsp3) is 0.